The first-order valence-electron chi connectivity index (χ1n) is 8.11. The maximum atomic E-state index is 6.13. The van der Waals surface area contributed by atoms with Gasteiger partial charge >= 0.3 is 0 Å². The molecule has 19 heavy (non-hydrogen) atoms. The quantitative estimate of drug-likeness (QED) is 0.830. The summed E-state index contributed by atoms with van der Waals surface area (Å²) >= 11 is 0. The van der Waals surface area contributed by atoms with E-state index in [1.54, 1.807) is 0 Å². The highest BCUT2D eigenvalue weighted by Gasteiger charge is 2.41. The van der Waals surface area contributed by atoms with Crippen LogP contribution in [0.5, 0.6) is 0 Å². The molecule has 0 aromatic carbocycles. The van der Waals surface area contributed by atoms with Gasteiger partial charge in [-0.3, -0.25) is 9.80 Å². The van der Waals surface area contributed by atoms with Crippen LogP contribution >= 0.6 is 0 Å². The van der Waals surface area contributed by atoms with Gasteiger partial charge in [-0.15, -0.1) is 0 Å². The van der Waals surface area contributed by atoms with Crippen LogP contribution in [0.2, 0.25) is 0 Å². The van der Waals surface area contributed by atoms with Gasteiger partial charge in [-0.25, -0.2) is 0 Å². The van der Waals surface area contributed by atoms with Crippen molar-refractivity contribution in [3.8, 4) is 0 Å². The summed E-state index contributed by atoms with van der Waals surface area (Å²) in [5, 5.41) is 0. The van der Waals surface area contributed by atoms with Crippen molar-refractivity contribution in [3.63, 3.8) is 0 Å². The van der Waals surface area contributed by atoms with Crippen LogP contribution < -0.4 is 5.73 Å². The molecule has 3 aliphatic rings. The van der Waals surface area contributed by atoms with Crippen molar-refractivity contribution in [1.29, 1.82) is 0 Å². The third kappa shape index (κ3) is 2.82. The molecule has 2 N–H and O–H groups in total. The van der Waals surface area contributed by atoms with Gasteiger partial charge in [-0.1, -0.05) is 6.42 Å². The lowest BCUT2D eigenvalue weighted by Crippen LogP contribution is -2.56. The molecule has 0 saturated carbocycles. The molecule has 4 nitrogen and oxygen atoms in total. The standard InChI is InChI=1S/C15H29N3O/c16-13-15(5-10-19-11-6-15)18-9-4-14(12-18)17-7-2-1-3-8-17/h14H,1-13,16H2. The van der Waals surface area contributed by atoms with E-state index in [4.69, 9.17) is 10.5 Å². The Labute approximate surface area is 117 Å². The molecule has 3 fully saturated rings. The third-order valence-electron chi connectivity index (χ3n) is 5.54. The van der Waals surface area contributed by atoms with E-state index < -0.39 is 0 Å². The molecule has 0 radical (unpaired) electrons. The SMILES string of the molecule is NCC1(N2CCC(N3CCCCC3)C2)CCOCC1. The summed E-state index contributed by atoms with van der Waals surface area (Å²) < 4.78 is 5.54. The van der Waals surface area contributed by atoms with E-state index in [9.17, 15) is 0 Å². The topological polar surface area (TPSA) is 41.7 Å². The van der Waals surface area contributed by atoms with Crippen molar-refractivity contribution >= 4 is 0 Å². The molecule has 3 aliphatic heterocycles. The highest BCUT2D eigenvalue weighted by atomic mass is 16.5. The second-order valence-corrected chi connectivity index (χ2v) is 6.53. The van der Waals surface area contributed by atoms with Crippen LogP contribution in [0.3, 0.4) is 0 Å². The van der Waals surface area contributed by atoms with Gasteiger partial charge in [0.05, 0.1) is 0 Å². The van der Waals surface area contributed by atoms with Crippen molar-refractivity contribution < 1.29 is 4.74 Å². The summed E-state index contributed by atoms with van der Waals surface area (Å²) in [6.45, 7) is 7.68. The summed E-state index contributed by atoms with van der Waals surface area (Å²) in [6, 6.07) is 0.784. The normalized spacial score (nSPS) is 33.6. The van der Waals surface area contributed by atoms with Crippen molar-refractivity contribution in [2.75, 3.05) is 45.9 Å². The fourth-order valence-electron chi connectivity index (χ4n) is 4.16. The first kappa shape index (κ1) is 13.8. The molecule has 0 aliphatic carbocycles. The first-order valence-corrected chi connectivity index (χ1v) is 8.11. The Kier molecular flexibility index (Phi) is 4.42. The van der Waals surface area contributed by atoms with Crippen LogP contribution in [0.25, 0.3) is 0 Å². The number of hydrogen-bond donors (Lipinski definition) is 1. The van der Waals surface area contributed by atoms with Crippen molar-refractivity contribution in [3.05, 3.63) is 0 Å². The Morgan fingerprint density at radius 3 is 2.47 bits per heavy atom. The summed E-state index contributed by atoms with van der Waals surface area (Å²) in [5.74, 6) is 0. The number of rotatable bonds is 3. The number of likely N-dealkylation sites (tertiary alicyclic amines) is 2. The summed E-state index contributed by atoms with van der Waals surface area (Å²) in [6.07, 6.45) is 7.80. The predicted molar refractivity (Wildman–Crippen MR) is 77.2 cm³/mol. The van der Waals surface area contributed by atoms with E-state index in [2.05, 4.69) is 9.80 Å². The van der Waals surface area contributed by atoms with Gasteiger partial charge in [0.2, 0.25) is 0 Å². The van der Waals surface area contributed by atoms with Gasteiger partial charge in [0.25, 0.3) is 0 Å². The number of nitrogens with zero attached hydrogens (tertiary/aromatic N) is 2. The zero-order valence-corrected chi connectivity index (χ0v) is 12.1. The fourth-order valence-corrected chi connectivity index (χ4v) is 4.16. The van der Waals surface area contributed by atoms with Crippen LogP contribution in [-0.4, -0.2) is 67.3 Å². The molecule has 3 rings (SSSR count). The largest absolute Gasteiger partial charge is 0.381 e. The fraction of sp³-hybridized carbons (Fsp3) is 1.00. The van der Waals surface area contributed by atoms with Gasteiger partial charge in [0.15, 0.2) is 0 Å². The van der Waals surface area contributed by atoms with Crippen molar-refractivity contribution in [2.24, 2.45) is 5.73 Å². The molecule has 110 valence electrons. The highest BCUT2D eigenvalue weighted by molar-refractivity contribution is 4.99. The molecular weight excluding hydrogens is 238 g/mol. The van der Waals surface area contributed by atoms with Crippen molar-refractivity contribution in [2.45, 2.75) is 50.1 Å². The van der Waals surface area contributed by atoms with Gasteiger partial charge in [-0.05, 0) is 45.2 Å². The van der Waals surface area contributed by atoms with E-state index in [1.165, 1.54) is 51.9 Å². The molecule has 0 amide bonds. The molecule has 0 spiro atoms. The second kappa shape index (κ2) is 6.08. The third-order valence-corrected chi connectivity index (χ3v) is 5.54. The second-order valence-electron chi connectivity index (χ2n) is 6.53. The summed E-state index contributed by atoms with van der Waals surface area (Å²) in [5.41, 5.74) is 6.37. The van der Waals surface area contributed by atoms with Gasteiger partial charge in [0, 0.05) is 44.4 Å². The summed E-state index contributed by atoms with van der Waals surface area (Å²) in [7, 11) is 0. The number of piperidine rings is 1. The predicted octanol–water partition coefficient (Wildman–Crippen LogP) is 1.05. The van der Waals surface area contributed by atoms with Crippen molar-refractivity contribution in [1.82, 2.24) is 9.80 Å². The lowest BCUT2D eigenvalue weighted by molar-refractivity contribution is -0.0173. The summed E-state index contributed by atoms with van der Waals surface area (Å²) in [4.78, 5) is 5.42. The van der Waals surface area contributed by atoms with E-state index >= 15 is 0 Å². The van der Waals surface area contributed by atoms with Crippen LogP contribution in [0, 0.1) is 0 Å². The lowest BCUT2D eigenvalue weighted by Gasteiger charge is -2.44. The zero-order valence-electron chi connectivity index (χ0n) is 12.1. The first-order chi connectivity index (χ1) is 9.34. The number of nitrogens with two attached hydrogens (primary N) is 1. The lowest BCUT2D eigenvalue weighted by atomic mass is 9.88. The van der Waals surface area contributed by atoms with Gasteiger partial charge in [0.1, 0.15) is 0 Å². The van der Waals surface area contributed by atoms with Gasteiger partial charge in [-0.2, -0.15) is 0 Å². The van der Waals surface area contributed by atoms with Gasteiger partial charge < -0.3 is 10.5 Å². The van der Waals surface area contributed by atoms with E-state index in [1.807, 2.05) is 0 Å². The minimum atomic E-state index is 0.239. The smallest absolute Gasteiger partial charge is 0.0484 e. The van der Waals surface area contributed by atoms with E-state index in [0.29, 0.717) is 0 Å². The Morgan fingerprint density at radius 1 is 1.05 bits per heavy atom. The maximum absolute atomic E-state index is 6.13. The molecule has 0 aromatic heterocycles. The monoisotopic (exact) mass is 267 g/mol. The minimum Gasteiger partial charge on any atom is -0.381 e. The Bertz CT molecular complexity index is 285. The van der Waals surface area contributed by atoms with Crippen LogP contribution in [0.15, 0.2) is 0 Å². The Morgan fingerprint density at radius 2 is 1.79 bits per heavy atom. The Balaban J connectivity index is 1.60. The molecule has 0 bridgehead atoms. The number of ether oxygens (including phenoxy) is 1. The maximum Gasteiger partial charge on any atom is 0.0484 e. The molecule has 1 atom stereocenters. The number of hydrogen-bond acceptors (Lipinski definition) is 4. The highest BCUT2D eigenvalue weighted by Crippen LogP contribution is 2.32. The van der Waals surface area contributed by atoms with E-state index in [-0.39, 0.29) is 5.54 Å². The molecular formula is C15H29N3O. The Hall–Kier alpha value is -0.160. The average molecular weight is 267 g/mol. The molecule has 3 heterocycles. The molecule has 3 saturated heterocycles. The zero-order chi connectivity index (χ0) is 13.1. The molecule has 0 aromatic rings. The molecule has 4 heteroatoms. The van der Waals surface area contributed by atoms with E-state index in [0.717, 1.165) is 38.6 Å². The van der Waals surface area contributed by atoms with Crippen LogP contribution in [0.4, 0.5) is 0 Å². The van der Waals surface area contributed by atoms with Crippen LogP contribution in [0.1, 0.15) is 38.5 Å². The van der Waals surface area contributed by atoms with Crippen LogP contribution in [-0.2, 0) is 4.74 Å². The average Bonchev–Trinajstić information content (AvgIpc) is 2.99. The minimum absolute atomic E-state index is 0.239. The molecule has 1 unspecified atom stereocenters.